The van der Waals surface area contributed by atoms with Crippen molar-refractivity contribution in [2.24, 2.45) is 0 Å². The summed E-state index contributed by atoms with van der Waals surface area (Å²) in [4.78, 5) is 0. The summed E-state index contributed by atoms with van der Waals surface area (Å²) >= 11 is 7.40. The first-order valence-corrected chi connectivity index (χ1v) is 6.48. The normalized spacial score (nSPS) is 13.1. The van der Waals surface area contributed by atoms with Crippen LogP contribution in [0.15, 0.2) is 0 Å². The second-order valence-corrected chi connectivity index (χ2v) is 3.97. The summed E-state index contributed by atoms with van der Waals surface area (Å²) in [7, 11) is 0. The Kier molecular flexibility index (Phi) is 43.8. The van der Waals surface area contributed by atoms with E-state index in [1.165, 1.54) is 10.8 Å². The van der Waals surface area contributed by atoms with Gasteiger partial charge in [0.15, 0.2) is 0 Å². The van der Waals surface area contributed by atoms with Crippen molar-refractivity contribution in [2.75, 3.05) is 0 Å². The monoisotopic (exact) mass is 411 g/mol. The van der Waals surface area contributed by atoms with Gasteiger partial charge < -0.3 is 68.0 Å². The first-order chi connectivity index (χ1) is 10.3. The summed E-state index contributed by atoms with van der Waals surface area (Å²) in [5.41, 5.74) is 11.6. The van der Waals surface area contributed by atoms with Gasteiger partial charge in [0, 0.05) is 16.8 Å². The summed E-state index contributed by atoms with van der Waals surface area (Å²) < 4.78 is 0. The molecule has 0 aromatic rings. The molecule has 0 aliphatic carbocycles. The largest absolute Gasteiger partial charge is 0.696 e. The average Bonchev–Trinajstić information content (AvgIpc) is 2.53. The van der Waals surface area contributed by atoms with Gasteiger partial charge in [0.1, 0.15) is 0 Å². The molecule has 0 saturated carbocycles. The van der Waals surface area contributed by atoms with Crippen LogP contribution in [0.25, 0.3) is 21.9 Å². The second-order valence-electron chi connectivity index (χ2n) is 3.61. The number of hydrogen-bond acceptors (Lipinski definition) is 8. The molecule has 23 heavy (non-hydrogen) atoms. The topological polar surface area (TPSA) is 185 Å². The van der Waals surface area contributed by atoms with Gasteiger partial charge in [0.2, 0.25) is 0 Å². The second kappa shape index (κ2) is 29.6. The molecule has 4 unspecified atom stereocenters. The van der Waals surface area contributed by atoms with E-state index in [2.05, 4.69) is 47.2 Å². The number of nitriles is 2. The zero-order chi connectivity index (χ0) is 18.6. The van der Waals surface area contributed by atoms with Gasteiger partial charge in [-0.3, -0.25) is 0 Å². The van der Waals surface area contributed by atoms with Crippen molar-refractivity contribution in [2.45, 2.75) is 51.9 Å². The summed E-state index contributed by atoms with van der Waals surface area (Å²) in [5, 5.41) is 49.3. The Balaban J connectivity index is -0.0000000680. The van der Waals surface area contributed by atoms with Crippen LogP contribution in [0.1, 0.15) is 27.7 Å². The summed E-state index contributed by atoms with van der Waals surface area (Å²) in [6.45, 7) is 6.63. The van der Waals surface area contributed by atoms with Crippen molar-refractivity contribution in [3.63, 3.8) is 0 Å². The van der Waals surface area contributed by atoms with E-state index in [1.54, 1.807) is 27.7 Å². The van der Waals surface area contributed by atoms with E-state index in [0.29, 0.717) is 0 Å². The number of nitrogens with zero attached hydrogens (tertiary/aromatic N) is 6. The fraction of sp³-hybridized carbons (Fsp3) is 0.800. The van der Waals surface area contributed by atoms with Gasteiger partial charge in [-0.2, -0.15) is 0 Å². The minimum atomic E-state index is -0.319. The molecule has 0 aromatic heterocycles. The summed E-state index contributed by atoms with van der Waals surface area (Å²) in [6, 6.07) is -1.28. The van der Waals surface area contributed by atoms with Crippen molar-refractivity contribution in [3.05, 3.63) is 21.9 Å². The molecule has 0 saturated heterocycles. The molecule has 141 valence electrons. The molecule has 0 bridgehead atoms. The van der Waals surface area contributed by atoms with Gasteiger partial charge in [-0.05, 0) is 0 Å². The Morgan fingerprint density at radius 3 is 0.783 bits per heavy atom. The fourth-order valence-electron chi connectivity index (χ4n) is 0.386. The molecule has 0 fully saturated rings. The summed E-state index contributed by atoms with van der Waals surface area (Å²) in [5.74, 6) is 0. The van der Waals surface area contributed by atoms with Crippen LogP contribution in [0.3, 0.4) is 0 Å². The molecule has 10 nitrogen and oxygen atoms in total. The maximum absolute atomic E-state index is 8.09. The molecule has 0 heterocycles. The van der Waals surface area contributed by atoms with E-state index in [4.69, 9.17) is 31.4 Å². The molecule has 4 N–H and O–H groups in total. The van der Waals surface area contributed by atoms with E-state index in [0.717, 1.165) is 0 Å². The predicted molar refractivity (Wildman–Crippen MR) is 84.4 cm³/mol. The Hall–Kier alpha value is -0.394. The molecule has 1 radical (unpaired) electrons. The fourth-order valence-corrected chi connectivity index (χ4v) is 0.386. The Labute approximate surface area is 158 Å². The first-order valence-electron chi connectivity index (χ1n) is 5.66. The quantitative estimate of drug-likeness (QED) is 0.292. The molecule has 4 atom stereocenters. The van der Waals surface area contributed by atoms with Crippen molar-refractivity contribution in [1.29, 1.82) is 10.5 Å². The van der Waals surface area contributed by atoms with E-state index >= 15 is 0 Å². The summed E-state index contributed by atoms with van der Waals surface area (Å²) in [6.07, 6.45) is 0. The van der Waals surface area contributed by atoms with Crippen LogP contribution < -0.4 is 0 Å². The van der Waals surface area contributed by atoms with Gasteiger partial charge in [-0.25, -0.2) is 10.5 Å². The predicted octanol–water partition coefficient (Wildman–Crippen LogP) is 2.60. The standard InChI is InChI=1S/2C4H10N2O2.2CHNS.Co/c2*1-3(5-7)4(2)6-8;2*2-1-3;/h2*3-4,7-8H,1-2H3;2*3H;/q2*-2;;;/p-2. The molecular formula is C10H20CoN6O4S2-6. The molecule has 0 aliphatic rings. The van der Waals surface area contributed by atoms with Crippen molar-refractivity contribution < 1.29 is 37.6 Å². The van der Waals surface area contributed by atoms with E-state index in [1.807, 2.05) is 0 Å². The number of rotatable bonds is 6. The molecular weight excluding hydrogens is 391 g/mol. The molecule has 13 heteroatoms. The smallest absolute Gasteiger partial charge is 0 e. The first kappa shape index (κ1) is 34.0. The van der Waals surface area contributed by atoms with Gasteiger partial charge in [-0.15, -0.1) is 24.2 Å². The Bertz CT molecular complexity index is 252. The van der Waals surface area contributed by atoms with Crippen molar-refractivity contribution >= 4 is 25.3 Å². The molecule has 0 amide bonds. The van der Waals surface area contributed by atoms with E-state index in [-0.39, 0.29) is 40.9 Å². The average molecular weight is 411 g/mol. The van der Waals surface area contributed by atoms with Crippen LogP contribution in [0.5, 0.6) is 0 Å². The maximum atomic E-state index is 8.09. The third-order valence-electron chi connectivity index (χ3n) is 2.12. The maximum Gasteiger partial charge on any atom is 0 e. The number of thiocyanates is 2. The van der Waals surface area contributed by atoms with Gasteiger partial charge in [-0.1, -0.05) is 38.5 Å². The van der Waals surface area contributed by atoms with Crippen LogP contribution in [-0.4, -0.2) is 45.0 Å². The zero-order valence-corrected chi connectivity index (χ0v) is 15.6. The molecule has 0 aromatic carbocycles. The SMILES string of the molecule is CC([N-]O)C(C)[N-]O.CC([N-]O)C(C)[N-]O.N#C[S-].N#C[S-].[Co]. The van der Waals surface area contributed by atoms with Crippen molar-refractivity contribution in [1.82, 2.24) is 0 Å². The molecule has 0 rings (SSSR count). The van der Waals surface area contributed by atoms with Gasteiger partial charge >= 0.3 is 0 Å². The molecule has 0 aliphatic heterocycles. The number of hydroxylamine groups is 4. The zero-order valence-electron chi connectivity index (χ0n) is 12.9. The van der Waals surface area contributed by atoms with Gasteiger partial charge in [0.25, 0.3) is 0 Å². The third kappa shape index (κ3) is 34.1. The van der Waals surface area contributed by atoms with Crippen molar-refractivity contribution in [3.8, 4) is 10.8 Å². The van der Waals surface area contributed by atoms with Gasteiger partial charge in [0.05, 0.1) is 0 Å². The minimum Gasteiger partial charge on any atom is -0.696 e. The van der Waals surface area contributed by atoms with Crippen LogP contribution in [0, 0.1) is 21.3 Å². The Morgan fingerprint density at radius 1 is 0.652 bits per heavy atom. The van der Waals surface area contributed by atoms with Crippen LogP contribution >= 0.6 is 0 Å². The Morgan fingerprint density at radius 2 is 0.739 bits per heavy atom. The minimum absolute atomic E-state index is 0. The van der Waals surface area contributed by atoms with Crippen LogP contribution in [0.4, 0.5) is 0 Å². The van der Waals surface area contributed by atoms with Crippen LogP contribution in [-0.2, 0) is 42.0 Å². The molecule has 0 spiro atoms. The van der Waals surface area contributed by atoms with E-state index in [9.17, 15) is 0 Å². The van der Waals surface area contributed by atoms with E-state index < -0.39 is 0 Å². The van der Waals surface area contributed by atoms with Crippen LogP contribution in [0.2, 0.25) is 0 Å². The third-order valence-corrected chi connectivity index (χ3v) is 2.12. The number of hydrogen-bond donors (Lipinski definition) is 4.